The molecule has 116 valence electrons. The second kappa shape index (κ2) is 7.11. The van der Waals surface area contributed by atoms with Crippen LogP contribution in [0.5, 0.6) is 0 Å². The van der Waals surface area contributed by atoms with Crippen molar-refractivity contribution in [2.75, 3.05) is 5.32 Å². The molecule has 0 bridgehead atoms. The maximum atomic E-state index is 11.9. The zero-order valence-electron chi connectivity index (χ0n) is 13.3. The largest absolute Gasteiger partial charge is 0.444 e. The molecule has 0 aromatic heterocycles. The zero-order valence-corrected chi connectivity index (χ0v) is 13.3. The number of amides is 2. The van der Waals surface area contributed by atoms with E-state index in [1.165, 1.54) is 0 Å². The van der Waals surface area contributed by atoms with Gasteiger partial charge in [0.15, 0.2) is 0 Å². The van der Waals surface area contributed by atoms with Crippen LogP contribution in [0.1, 0.15) is 51.4 Å². The molecular formula is C16H24N2O3. The van der Waals surface area contributed by atoms with Gasteiger partial charge in [-0.3, -0.25) is 10.1 Å². The van der Waals surface area contributed by atoms with Crippen molar-refractivity contribution in [2.45, 2.75) is 52.7 Å². The van der Waals surface area contributed by atoms with E-state index in [4.69, 9.17) is 4.74 Å². The van der Waals surface area contributed by atoms with Gasteiger partial charge in [0.05, 0.1) is 0 Å². The zero-order chi connectivity index (χ0) is 16.0. The number of rotatable bonds is 4. The second-order valence-corrected chi connectivity index (χ2v) is 5.99. The van der Waals surface area contributed by atoms with Crippen LogP contribution >= 0.6 is 0 Å². The lowest BCUT2D eigenvalue weighted by atomic mass is 10.1. The number of nitrogens with one attached hydrogen (secondary N) is 2. The van der Waals surface area contributed by atoms with E-state index in [1.54, 1.807) is 45.0 Å². The fourth-order valence-electron chi connectivity index (χ4n) is 1.54. The Morgan fingerprint density at radius 2 is 1.76 bits per heavy atom. The Hall–Kier alpha value is -2.04. The van der Waals surface area contributed by atoms with Gasteiger partial charge in [-0.1, -0.05) is 6.92 Å². The average molecular weight is 292 g/mol. The Kier molecular flexibility index (Phi) is 5.76. The molecule has 0 aliphatic carbocycles. The van der Waals surface area contributed by atoms with Gasteiger partial charge in [-0.2, -0.15) is 0 Å². The Bertz CT molecular complexity index is 489. The van der Waals surface area contributed by atoms with Crippen LogP contribution in [0.2, 0.25) is 0 Å². The number of ether oxygens (including phenoxy) is 1. The summed E-state index contributed by atoms with van der Waals surface area (Å²) < 4.78 is 5.16. The van der Waals surface area contributed by atoms with Crippen molar-refractivity contribution in [3.63, 3.8) is 0 Å². The van der Waals surface area contributed by atoms with E-state index in [0.29, 0.717) is 11.3 Å². The van der Waals surface area contributed by atoms with Crippen molar-refractivity contribution in [1.29, 1.82) is 0 Å². The van der Waals surface area contributed by atoms with E-state index < -0.39 is 11.7 Å². The molecule has 0 saturated heterocycles. The molecule has 1 unspecified atom stereocenters. The Labute approximate surface area is 126 Å². The monoisotopic (exact) mass is 292 g/mol. The van der Waals surface area contributed by atoms with Gasteiger partial charge in [0.1, 0.15) is 5.60 Å². The molecule has 1 atom stereocenters. The van der Waals surface area contributed by atoms with E-state index in [2.05, 4.69) is 10.6 Å². The van der Waals surface area contributed by atoms with Gasteiger partial charge in [-0.15, -0.1) is 0 Å². The molecule has 2 amide bonds. The first-order valence-electron chi connectivity index (χ1n) is 7.12. The SMILES string of the molecule is CCC(C)NC(=O)c1ccc(NC(=O)OC(C)(C)C)cc1. The van der Waals surface area contributed by atoms with Crippen molar-refractivity contribution in [1.82, 2.24) is 5.32 Å². The molecule has 0 aliphatic heterocycles. The first-order chi connectivity index (χ1) is 9.71. The highest BCUT2D eigenvalue weighted by atomic mass is 16.6. The Morgan fingerprint density at radius 3 is 2.24 bits per heavy atom. The molecule has 5 heteroatoms. The van der Waals surface area contributed by atoms with Crippen LogP contribution in [0.4, 0.5) is 10.5 Å². The second-order valence-electron chi connectivity index (χ2n) is 5.99. The molecule has 0 fully saturated rings. The number of hydrogen-bond donors (Lipinski definition) is 2. The molecule has 2 N–H and O–H groups in total. The molecule has 0 saturated carbocycles. The normalized spacial score (nSPS) is 12.4. The standard InChI is InChI=1S/C16H24N2O3/c1-6-11(2)17-14(19)12-7-9-13(10-8-12)18-15(20)21-16(3,4)5/h7-11H,6H2,1-5H3,(H,17,19)(H,18,20). The lowest BCUT2D eigenvalue weighted by Crippen LogP contribution is -2.31. The van der Waals surface area contributed by atoms with Crippen LogP contribution in [-0.2, 0) is 4.74 Å². The first-order valence-corrected chi connectivity index (χ1v) is 7.12. The third-order valence-corrected chi connectivity index (χ3v) is 2.78. The number of carbonyl (C=O) groups excluding carboxylic acids is 2. The van der Waals surface area contributed by atoms with Crippen LogP contribution in [0.15, 0.2) is 24.3 Å². The van der Waals surface area contributed by atoms with Gasteiger partial charge >= 0.3 is 6.09 Å². The molecule has 1 rings (SSSR count). The van der Waals surface area contributed by atoms with Gasteiger partial charge in [0, 0.05) is 17.3 Å². The van der Waals surface area contributed by atoms with Gasteiger partial charge in [0.2, 0.25) is 0 Å². The average Bonchev–Trinajstić information content (AvgIpc) is 2.36. The number of benzene rings is 1. The summed E-state index contributed by atoms with van der Waals surface area (Å²) in [5, 5.41) is 5.51. The summed E-state index contributed by atoms with van der Waals surface area (Å²) in [5.41, 5.74) is 0.606. The smallest absolute Gasteiger partial charge is 0.412 e. The van der Waals surface area contributed by atoms with Crippen molar-refractivity contribution >= 4 is 17.7 Å². The Morgan fingerprint density at radius 1 is 1.19 bits per heavy atom. The predicted molar refractivity (Wildman–Crippen MR) is 83.5 cm³/mol. The summed E-state index contributed by atoms with van der Waals surface area (Å²) >= 11 is 0. The number of carbonyl (C=O) groups is 2. The van der Waals surface area contributed by atoms with Gasteiger partial charge < -0.3 is 10.1 Å². The highest BCUT2D eigenvalue weighted by Gasteiger charge is 2.16. The van der Waals surface area contributed by atoms with Crippen molar-refractivity contribution in [2.24, 2.45) is 0 Å². The van der Waals surface area contributed by atoms with Gasteiger partial charge in [-0.25, -0.2) is 4.79 Å². The fraction of sp³-hybridized carbons (Fsp3) is 0.500. The number of hydrogen-bond acceptors (Lipinski definition) is 3. The van der Waals surface area contributed by atoms with Crippen LogP contribution in [0.25, 0.3) is 0 Å². The molecule has 1 aromatic rings. The lowest BCUT2D eigenvalue weighted by Gasteiger charge is -2.19. The minimum atomic E-state index is -0.541. The minimum absolute atomic E-state index is 0.117. The quantitative estimate of drug-likeness (QED) is 0.891. The van der Waals surface area contributed by atoms with E-state index in [1.807, 2.05) is 13.8 Å². The summed E-state index contributed by atoms with van der Waals surface area (Å²) in [4.78, 5) is 23.5. The molecule has 0 radical (unpaired) electrons. The van der Waals surface area contributed by atoms with Crippen molar-refractivity contribution in [3.05, 3.63) is 29.8 Å². The van der Waals surface area contributed by atoms with E-state index in [-0.39, 0.29) is 11.9 Å². The lowest BCUT2D eigenvalue weighted by molar-refractivity contribution is 0.0635. The maximum absolute atomic E-state index is 11.9. The van der Waals surface area contributed by atoms with E-state index >= 15 is 0 Å². The molecule has 0 spiro atoms. The summed E-state index contributed by atoms with van der Waals surface area (Å²) in [6.07, 6.45) is 0.364. The third kappa shape index (κ3) is 6.29. The first kappa shape index (κ1) is 17.0. The van der Waals surface area contributed by atoms with Crippen LogP contribution in [0.3, 0.4) is 0 Å². The van der Waals surface area contributed by atoms with Gasteiger partial charge in [0.25, 0.3) is 5.91 Å². The highest BCUT2D eigenvalue weighted by molar-refractivity contribution is 5.95. The summed E-state index contributed by atoms with van der Waals surface area (Å²) in [7, 11) is 0. The maximum Gasteiger partial charge on any atom is 0.412 e. The molecule has 0 aliphatic rings. The molecule has 21 heavy (non-hydrogen) atoms. The molecule has 0 heterocycles. The van der Waals surface area contributed by atoms with E-state index in [0.717, 1.165) is 6.42 Å². The molecule has 1 aromatic carbocycles. The van der Waals surface area contributed by atoms with Crippen LogP contribution in [-0.4, -0.2) is 23.6 Å². The predicted octanol–water partition coefficient (Wildman–Crippen LogP) is 3.56. The van der Waals surface area contributed by atoms with Crippen molar-refractivity contribution < 1.29 is 14.3 Å². The Balaban J connectivity index is 2.62. The summed E-state index contributed by atoms with van der Waals surface area (Å²) in [5.74, 6) is -0.117. The number of anilines is 1. The van der Waals surface area contributed by atoms with Gasteiger partial charge in [-0.05, 0) is 58.4 Å². The molecular weight excluding hydrogens is 268 g/mol. The third-order valence-electron chi connectivity index (χ3n) is 2.78. The van der Waals surface area contributed by atoms with E-state index in [9.17, 15) is 9.59 Å². The topological polar surface area (TPSA) is 67.4 Å². The van der Waals surface area contributed by atoms with Crippen molar-refractivity contribution in [3.8, 4) is 0 Å². The summed E-state index contributed by atoms with van der Waals surface area (Å²) in [6, 6.07) is 6.83. The summed E-state index contributed by atoms with van der Waals surface area (Å²) in [6.45, 7) is 9.37. The molecule has 5 nitrogen and oxygen atoms in total. The highest BCUT2D eigenvalue weighted by Crippen LogP contribution is 2.13. The van der Waals surface area contributed by atoms with Crippen LogP contribution < -0.4 is 10.6 Å². The minimum Gasteiger partial charge on any atom is -0.444 e. The fourth-order valence-corrected chi connectivity index (χ4v) is 1.54. The van der Waals surface area contributed by atoms with Crippen LogP contribution in [0, 0.1) is 0 Å².